The number of hydrogen-bond donors (Lipinski definition) is 1. The number of ether oxygens (including phenoxy) is 1. The summed E-state index contributed by atoms with van der Waals surface area (Å²) < 4.78 is 35.0. The van der Waals surface area contributed by atoms with Crippen molar-refractivity contribution in [2.75, 3.05) is 17.5 Å². The van der Waals surface area contributed by atoms with Crippen molar-refractivity contribution in [1.82, 2.24) is 10.2 Å². The van der Waals surface area contributed by atoms with E-state index in [-0.39, 0.29) is 29.8 Å². The number of nitrogens with zero attached hydrogens (tertiary/aromatic N) is 2. The van der Waals surface area contributed by atoms with Crippen molar-refractivity contribution < 1.29 is 22.7 Å². The van der Waals surface area contributed by atoms with Gasteiger partial charge in [0.25, 0.3) is 10.0 Å². The lowest BCUT2D eigenvalue weighted by molar-refractivity contribution is -0.140. The Morgan fingerprint density at radius 2 is 1.47 bits per heavy atom. The Morgan fingerprint density at radius 1 is 0.851 bits per heavy atom. The van der Waals surface area contributed by atoms with Crippen LogP contribution in [0.15, 0.2) is 114 Å². The largest absolute Gasteiger partial charge is 0.494 e. The smallest absolute Gasteiger partial charge is 0.264 e. The first-order valence-electron chi connectivity index (χ1n) is 15.9. The highest BCUT2D eigenvalue weighted by atomic mass is 35.5. The molecule has 1 saturated carbocycles. The lowest BCUT2D eigenvalue weighted by Gasteiger charge is -2.34. The second-order valence-electron chi connectivity index (χ2n) is 11.6. The molecule has 4 aromatic carbocycles. The van der Waals surface area contributed by atoms with Gasteiger partial charge >= 0.3 is 0 Å². The van der Waals surface area contributed by atoms with Crippen LogP contribution in [0, 0.1) is 0 Å². The van der Waals surface area contributed by atoms with E-state index in [4.69, 9.17) is 16.3 Å². The van der Waals surface area contributed by atoms with Crippen molar-refractivity contribution in [3.05, 3.63) is 125 Å². The molecule has 0 spiro atoms. The van der Waals surface area contributed by atoms with Crippen LogP contribution in [-0.2, 0) is 32.6 Å². The summed E-state index contributed by atoms with van der Waals surface area (Å²) in [4.78, 5) is 30.3. The van der Waals surface area contributed by atoms with Crippen LogP contribution in [0.1, 0.15) is 43.7 Å². The van der Waals surface area contributed by atoms with E-state index < -0.39 is 28.5 Å². The molecule has 1 N–H and O–H groups in total. The van der Waals surface area contributed by atoms with Gasteiger partial charge in [-0.1, -0.05) is 85.1 Å². The Morgan fingerprint density at radius 3 is 2.09 bits per heavy atom. The molecule has 5 rings (SSSR count). The molecule has 0 radical (unpaired) electrons. The highest BCUT2D eigenvalue weighted by Gasteiger charge is 2.35. The molecule has 0 heterocycles. The Labute approximate surface area is 282 Å². The van der Waals surface area contributed by atoms with Gasteiger partial charge in [0.05, 0.1) is 17.2 Å². The Balaban J connectivity index is 1.55. The number of hydrogen-bond acceptors (Lipinski definition) is 5. The number of rotatable bonds is 14. The van der Waals surface area contributed by atoms with Crippen LogP contribution in [0.4, 0.5) is 5.69 Å². The summed E-state index contributed by atoms with van der Waals surface area (Å²) in [5, 5.41) is 3.73. The topological polar surface area (TPSA) is 96.0 Å². The molecular weight excluding hydrogens is 634 g/mol. The third-order valence-electron chi connectivity index (χ3n) is 8.28. The third kappa shape index (κ3) is 8.93. The fourth-order valence-electron chi connectivity index (χ4n) is 5.83. The normalized spacial score (nSPS) is 13.9. The molecule has 2 amide bonds. The maximum Gasteiger partial charge on any atom is 0.264 e. The third-order valence-corrected chi connectivity index (χ3v) is 10.3. The average molecular weight is 674 g/mol. The van der Waals surface area contributed by atoms with Crippen molar-refractivity contribution in [3.8, 4) is 5.75 Å². The summed E-state index contributed by atoms with van der Waals surface area (Å²) in [7, 11) is -4.18. The van der Waals surface area contributed by atoms with Gasteiger partial charge in [-0.2, -0.15) is 0 Å². The molecule has 0 aromatic heterocycles. The molecule has 1 atom stereocenters. The number of carbonyl (C=O) groups is 2. The molecule has 1 aliphatic carbocycles. The predicted octanol–water partition coefficient (Wildman–Crippen LogP) is 6.63. The lowest BCUT2D eigenvalue weighted by Crippen LogP contribution is -2.54. The molecule has 1 unspecified atom stereocenters. The van der Waals surface area contributed by atoms with E-state index in [0.717, 1.165) is 41.1 Å². The van der Waals surface area contributed by atoms with Crippen molar-refractivity contribution >= 4 is 39.1 Å². The number of sulfonamides is 1. The molecule has 0 saturated heterocycles. The molecule has 246 valence electrons. The highest BCUT2D eigenvalue weighted by molar-refractivity contribution is 7.92. The number of nitrogens with one attached hydrogen (secondary N) is 1. The van der Waals surface area contributed by atoms with Gasteiger partial charge in [-0.3, -0.25) is 13.9 Å². The maximum atomic E-state index is 14.6. The van der Waals surface area contributed by atoms with Gasteiger partial charge in [0.1, 0.15) is 18.3 Å². The van der Waals surface area contributed by atoms with Crippen molar-refractivity contribution in [3.63, 3.8) is 0 Å². The second kappa shape index (κ2) is 16.0. The van der Waals surface area contributed by atoms with Gasteiger partial charge in [-0.25, -0.2) is 8.42 Å². The molecule has 10 heteroatoms. The van der Waals surface area contributed by atoms with Crippen molar-refractivity contribution in [2.45, 2.75) is 62.6 Å². The van der Waals surface area contributed by atoms with Gasteiger partial charge < -0.3 is 15.0 Å². The minimum absolute atomic E-state index is 0.0343. The summed E-state index contributed by atoms with van der Waals surface area (Å²) in [6.45, 7) is 1.87. The number of amides is 2. The van der Waals surface area contributed by atoms with Crippen LogP contribution in [0.25, 0.3) is 0 Å². The van der Waals surface area contributed by atoms with Crippen molar-refractivity contribution in [2.24, 2.45) is 0 Å². The van der Waals surface area contributed by atoms with E-state index in [1.807, 2.05) is 49.4 Å². The molecule has 1 aliphatic rings. The van der Waals surface area contributed by atoms with Crippen LogP contribution in [-0.4, -0.2) is 50.4 Å². The van der Waals surface area contributed by atoms with E-state index in [9.17, 15) is 18.0 Å². The van der Waals surface area contributed by atoms with E-state index in [2.05, 4.69) is 5.32 Å². The average Bonchev–Trinajstić information content (AvgIpc) is 3.60. The minimum atomic E-state index is -4.18. The summed E-state index contributed by atoms with van der Waals surface area (Å²) in [5.41, 5.74) is 1.94. The lowest BCUT2D eigenvalue weighted by atomic mass is 10.0. The molecular formula is C37H40ClN3O5S. The van der Waals surface area contributed by atoms with E-state index in [1.165, 1.54) is 17.0 Å². The van der Waals surface area contributed by atoms with Crippen LogP contribution in [0.2, 0.25) is 5.02 Å². The van der Waals surface area contributed by atoms with Gasteiger partial charge in [-0.15, -0.1) is 0 Å². The van der Waals surface area contributed by atoms with Gasteiger partial charge in [0, 0.05) is 24.0 Å². The first kappa shape index (κ1) is 34.0. The zero-order valence-corrected chi connectivity index (χ0v) is 28.0. The summed E-state index contributed by atoms with van der Waals surface area (Å²) in [6, 6.07) is 30.4. The fraction of sp³-hybridized carbons (Fsp3) is 0.297. The number of anilines is 1. The maximum absolute atomic E-state index is 14.6. The molecule has 0 bridgehead atoms. The SMILES string of the molecule is CCOc1ccc(N(CC(=O)N(Cc2ccc(Cl)cc2)C(Cc2ccccc2)C(=O)NC2CCCC2)S(=O)(=O)c2ccccc2)cc1. The molecule has 47 heavy (non-hydrogen) atoms. The first-order valence-corrected chi connectivity index (χ1v) is 17.7. The Hall–Kier alpha value is -4.34. The molecule has 8 nitrogen and oxygen atoms in total. The van der Waals surface area contributed by atoms with E-state index in [0.29, 0.717) is 23.1 Å². The highest BCUT2D eigenvalue weighted by Crippen LogP contribution is 2.27. The molecule has 1 fully saturated rings. The van der Waals surface area contributed by atoms with Crippen LogP contribution >= 0.6 is 11.6 Å². The standard InChI is InChI=1S/C37H40ClN3O5S/c1-2-46-33-23-21-32(22-24-33)41(47(44,45)34-15-7-4-8-16-34)27-36(42)40(26-29-17-19-30(38)20-18-29)35(25-28-11-5-3-6-12-28)37(43)39-31-13-9-10-14-31/h3-8,11-12,15-24,31,35H,2,9-10,13-14,25-27H2,1H3,(H,39,43). The summed E-state index contributed by atoms with van der Waals surface area (Å²) in [5.74, 6) is -0.201. The zero-order valence-electron chi connectivity index (χ0n) is 26.4. The second-order valence-corrected chi connectivity index (χ2v) is 13.9. The fourth-order valence-corrected chi connectivity index (χ4v) is 7.39. The number of halogens is 1. The van der Waals surface area contributed by atoms with E-state index >= 15 is 0 Å². The number of carbonyl (C=O) groups excluding carboxylic acids is 2. The van der Waals surface area contributed by atoms with Crippen molar-refractivity contribution in [1.29, 1.82) is 0 Å². The van der Waals surface area contributed by atoms with Crippen LogP contribution in [0.5, 0.6) is 5.75 Å². The van der Waals surface area contributed by atoms with Gasteiger partial charge in [0.2, 0.25) is 11.8 Å². The monoisotopic (exact) mass is 673 g/mol. The number of benzene rings is 4. The van der Waals surface area contributed by atoms with E-state index in [1.54, 1.807) is 54.6 Å². The summed E-state index contributed by atoms with van der Waals surface area (Å²) in [6.07, 6.45) is 4.10. The molecule has 4 aromatic rings. The van der Waals surface area contributed by atoms with Gasteiger partial charge in [-0.05, 0) is 79.4 Å². The Bertz CT molecular complexity index is 1710. The van der Waals surface area contributed by atoms with Crippen LogP contribution in [0.3, 0.4) is 0 Å². The van der Waals surface area contributed by atoms with Crippen LogP contribution < -0.4 is 14.4 Å². The zero-order chi connectivity index (χ0) is 33.2. The van der Waals surface area contributed by atoms with Gasteiger partial charge in [0.15, 0.2) is 0 Å². The predicted molar refractivity (Wildman–Crippen MR) is 185 cm³/mol. The quantitative estimate of drug-likeness (QED) is 0.162. The minimum Gasteiger partial charge on any atom is -0.494 e. The summed E-state index contributed by atoms with van der Waals surface area (Å²) >= 11 is 6.18. The molecule has 0 aliphatic heterocycles. The Kier molecular flexibility index (Phi) is 11.6. The first-order chi connectivity index (χ1) is 22.7.